The van der Waals surface area contributed by atoms with Gasteiger partial charge in [0.05, 0.1) is 0 Å². The summed E-state index contributed by atoms with van der Waals surface area (Å²) in [5, 5.41) is 0. The predicted molar refractivity (Wildman–Crippen MR) is 34.1 cm³/mol. The van der Waals surface area contributed by atoms with Crippen LogP contribution in [0.1, 0.15) is 0 Å². The Morgan fingerprint density at radius 2 is 1.78 bits per heavy atom. The minimum atomic E-state index is -0.907. The van der Waals surface area contributed by atoms with Crippen LogP contribution >= 0.6 is 0 Å². The summed E-state index contributed by atoms with van der Waals surface area (Å²) in [5.74, 6) is -0.616. The van der Waals surface area contributed by atoms with Gasteiger partial charge in [0.2, 0.25) is 6.29 Å². The summed E-state index contributed by atoms with van der Waals surface area (Å²) in [6.45, 7) is 0. The second kappa shape index (κ2) is 6.11. The molecule has 0 fully saturated rings. The van der Waals surface area contributed by atoms with Gasteiger partial charge in [-0.25, -0.2) is 0 Å². The van der Waals surface area contributed by atoms with Crippen LogP contribution in [0.3, 0.4) is 0 Å². The summed E-state index contributed by atoms with van der Waals surface area (Å²) in [6, 6.07) is 0. The van der Waals surface area contributed by atoms with E-state index in [9.17, 15) is 4.79 Å². The number of rotatable bonds is 3. The van der Waals surface area contributed by atoms with Gasteiger partial charge in [0.15, 0.2) is 0 Å². The molecule has 0 aromatic rings. The summed E-state index contributed by atoms with van der Waals surface area (Å²) in [4.78, 5) is 10.1. The third-order valence-electron chi connectivity index (χ3n) is 0.660. The van der Waals surface area contributed by atoms with E-state index in [-0.39, 0.29) is 18.9 Å². The van der Waals surface area contributed by atoms with Crippen LogP contribution in [-0.2, 0) is 14.3 Å². The first-order chi connectivity index (χ1) is 3.72. The number of carbonyl (C=O) groups is 1. The molecule has 4 nitrogen and oxygen atoms in total. The molecule has 0 aliphatic heterocycles. The van der Waals surface area contributed by atoms with Gasteiger partial charge in [-0.05, 0) is 0 Å². The third kappa shape index (κ3) is 4.49. The Morgan fingerprint density at radius 3 is 1.78 bits per heavy atom. The van der Waals surface area contributed by atoms with E-state index >= 15 is 0 Å². The quantitative estimate of drug-likeness (QED) is 0.368. The van der Waals surface area contributed by atoms with Crippen molar-refractivity contribution in [2.24, 2.45) is 5.73 Å². The maximum absolute atomic E-state index is 10.1. The van der Waals surface area contributed by atoms with Gasteiger partial charge in [0.1, 0.15) is 0 Å². The van der Waals surface area contributed by atoms with Gasteiger partial charge in [-0.3, -0.25) is 4.79 Å². The Hall–Kier alpha value is -0.0126. The van der Waals surface area contributed by atoms with Crippen LogP contribution in [0.2, 0.25) is 0 Å². The molecule has 0 radical (unpaired) electrons. The number of ether oxygens (including phenoxy) is 2. The number of hydrogen-bond donors (Lipinski definition) is 1. The minimum absolute atomic E-state index is 0. The van der Waals surface area contributed by atoms with Crippen molar-refractivity contribution >= 4 is 24.8 Å². The average molecular weight is 127 g/mol. The molecule has 0 aliphatic carbocycles. The molecule has 0 bridgehead atoms. The van der Waals surface area contributed by atoms with Crippen LogP contribution in [0.4, 0.5) is 0 Å². The van der Waals surface area contributed by atoms with Gasteiger partial charge in [-0.1, -0.05) is 0 Å². The zero-order chi connectivity index (χ0) is 6.57. The Morgan fingerprint density at radius 1 is 1.44 bits per heavy atom. The van der Waals surface area contributed by atoms with Crippen molar-refractivity contribution in [1.82, 2.24) is 0 Å². The van der Waals surface area contributed by atoms with Crippen LogP contribution in [0.5, 0.6) is 0 Å². The van der Waals surface area contributed by atoms with Crippen LogP contribution in [0.15, 0.2) is 0 Å². The van der Waals surface area contributed by atoms with Crippen molar-refractivity contribution in [3.8, 4) is 0 Å². The Bertz CT molecular complexity index is 83.9. The fourth-order valence-electron chi connectivity index (χ4n) is 0.329. The van der Waals surface area contributed by atoms with Crippen molar-refractivity contribution in [3.05, 3.63) is 0 Å². The molecule has 0 aromatic carbocycles. The molecule has 0 saturated heterocycles. The van der Waals surface area contributed by atoms with Crippen molar-refractivity contribution in [3.63, 3.8) is 0 Å². The first-order valence-corrected chi connectivity index (χ1v) is 2.07. The molecule has 0 rings (SSSR count). The zero-order valence-corrected chi connectivity index (χ0v) is 4.88. The van der Waals surface area contributed by atoms with Crippen molar-refractivity contribution in [2.75, 3.05) is 14.2 Å². The molecular formula is C4H10LiNO3. The predicted octanol–water partition coefficient (Wildman–Crippen LogP) is -1.56. The molecule has 50 valence electrons. The van der Waals surface area contributed by atoms with Crippen molar-refractivity contribution in [2.45, 2.75) is 6.29 Å². The van der Waals surface area contributed by atoms with Crippen LogP contribution in [0, 0.1) is 0 Å². The summed E-state index contributed by atoms with van der Waals surface area (Å²) >= 11 is 0. The molecule has 1 amide bonds. The van der Waals surface area contributed by atoms with Gasteiger partial charge >= 0.3 is 18.9 Å². The van der Waals surface area contributed by atoms with Gasteiger partial charge in [0, 0.05) is 14.2 Å². The van der Waals surface area contributed by atoms with E-state index in [1.54, 1.807) is 0 Å². The zero-order valence-electron chi connectivity index (χ0n) is 4.88. The maximum atomic E-state index is 10.1. The number of primary amides is 1. The van der Waals surface area contributed by atoms with Gasteiger partial charge in [-0.2, -0.15) is 0 Å². The summed E-state index contributed by atoms with van der Waals surface area (Å²) < 4.78 is 8.93. The number of nitrogens with two attached hydrogens (primary N) is 1. The van der Waals surface area contributed by atoms with Crippen LogP contribution in [-0.4, -0.2) is 45.3 Å². The first-order valence-electron chi connectivity index (χ1n) is 2.07. The molecule has 0 atom stereocenters. The molecule has 0 aliphatic rings. The number of methoxy groups -OCH3 is 2. The molecule has 0 unspecified atom stereocenters. The second-order valence-electron chi connectivity index (χ2n) is 1.21. The van der Waals surface area contributed by atoms with E-state index in [0.717, 1.165) is 0 Å². The van der Waals surface area contributed by atoms with Crippen LogP contribution in [0.25, 0.3) is 0 Å². The summed E-state index contributed by atoms with van der Waals surface area (Å²) in [6.07, 6.45) is -0.907. The van der Waals surface area contributed by atoms with Crippen molar-refractivity contribution in [1.29, 1.82) is 0 Å². The molecule has 0 saturated carbocycles. The SMILES string of the molecule is COC(OC)C(N)=O.[LiH]. The van der Waals surface area contributed by atoms with Gasteiger partial charge in [-0.15, -0.1) is 0 Å². The number of hydrogen-bond acceptors (Lipinski definition) is 3. The number of carbonyl (C=O) groups excluding carboxylic acids is 1. The Labute approximate surface area is 65.9 Å². The molecule has 2 N–H and O–H groups in total. The normalized spacial score (nSPS) is 8.78. The fourth-order valence-corrected chi connectivity index (χ4v) is 0.329. The first kappa shape index (κ1) is 11.7. The van der Waals surface area contributed by atoms with E-state index in [0.29, 0.717) is 0 Å². The van der Waals surface area contributed by atoms with E-state index < -0.39 is 12.2 Å². The van der Waals surface area contributed by atoms with E-state index in [2.05, 4.69) is 9.47 Å². The van der Waals surface area contributed by atoms with Gasteiger partial charge < -0.3 is 15.2 Å². The fraction of sp³-hybridized carbons (Fsp3) is 0.750. The summed E-state index contributed by atoms with van der Waals surface area (Å²) in [5.41, 5.74) is 4.77. The van der Waals surface area contributed by atoms with Crippen LogP contribution < -0.4 is 5.73 Å². The molecule has 9 heavy (non-hydrogen) atoms. The molecule has 5 heteroatoms. The molecular weight excluding hydrogens is 117 g/mol. The molecule has 0 spiro atoms. The number of amides is 1. The Kier molecular flexibility index (Phi) is 7.98. The van der Waals surface area contributed by atoms with Gasteiger partial charge in [0.25, 0.3) is 5.91 Å². The topological polar surface area (TPSA) is 61.6 Å². The Balaban J connectivity index is 0. The molecule has 0 aromatic heterocycles. The van der Waals surface area contributed by atoms with Crippen molar-refractivity contribution < 1.29 is 14.3 Å². The van der Waals surface area contributed by atoms with E-state index in [1.807, 2.05) is 0 Å². The summed E-state index contributed by atoms with van der Waals surface area (Å²) in [7, 11) is 2.69. The van der Waals surface area contributed by atoms with E-state index in [1.165, 1.54) is 14.2 Å². The standard InChI is InChI=1S/C4H9NO3.Li.H/c1-7-4(8-2)3(5)6;;/h4H,1-2H3,(H2,5,6);;. The average Bonchev–Trinajstić information content (AvgIpc) is 1.69. The monoisotopic (exact) mass is 127 g/mol. The third-order valence-corrected chi connectivity index (χ3v) is 0.660. The second-order valence-corrected chi connectivity index (χ2v) is 1.21. The molecule has 0 heterocycles. The van der Waals surface area contributed by atoms with E-state index in [4.69, 9.17) is 5.73 Å².